The first kappa shape index (κ1) is 93.5. The molecule has 0 radical (unpaired) electrons. The summed E-state index contributed by atoms with van der Waals surface area (Å²) in [4.78, 5) is 188. The Hall–Kier alpha value is -8.83. The fourth-order valence-corrected chi connectivity index (χ4v) is 12.4. The number of methoxy groups -OCH3 is 2. The highest BCUT2D eigenvalue weighted by Crippen LogP contribution is 2.31. The van der Waals surface area contributed by atoms with E-state index in [1.807, 2.05) is 19.9 Å². The van der Waals surface area contributed by atoms with Gasteiger partial charge in [-0.15, -0.1) is 0 Å². The Bertz CT molecular complexity index is 3430. The number of esters is 1. The smallest absolute Gasteiger partial charge is 0.329 e. The minimum Gasteiger partial charge on any atom is -0.462 e. The number of nitrogens with two attached hydrogens (primary N) is 2. The zero-order valence-electron chi connectivity index (χ0n) is 65.1. The summed E-state index contributed by atoms with van der Waals surface area (Å²) >= 11 is 0. The molecule has 3 saturated heterocycles. The third-order valence-electron chi connectivity index (χ3n) is 19.6. The number of likely N-dealkylation sites (N-methyl/N-ethyl adjacent to an activating group) is 1. The summed E-state index contributed by atoms with van der Waals surface area (Å²) < 4.78 is 28.9. The van der Waals surface area contributed by atoms with Crippen molar-refractivity contribution in [1.82, 2.24) is 57.7 Å². The highest BCUT2D eigenvalue weighted by atomic mass is 16.7. The van der Waals surface area contributed by atoms with E-state index < -0.39 is 242 Å². The van der Waals surface area contributed by atoms with Crippen LogP contribution in [0.5, 0.6) is 5.75 Å². The van der Waals surface area contributed by atoms with Crippen LogP contribution in [0.25, 0.3) is 0 Å². The van der Waals surface area contributed by atoms with E-state index in [4.69, 9.17) is 35.2 Å². The summed E-state index contributed by atoms with van der Waals surface area (Å²) in [7, 11) is 3.47. The molecular weight excluding hydrogens is 1450 g/mol. The minimum absolute atomic E-state index is 0.0365. The summed E-state index contributed by atoms with van der Waals surface area (Å²) in [6.07, 6.45) is -9.99. The number of benzene rings is 1. The van der Waals surface area contributed by atoms with E-state index in [0.717, 1.165) is 49.8 Å². The maximum Gasteiger partial charge on any atom is 0.329 e. The number of piperidine rings is 1. The summed E-state index contributed by atoms with van der Waals surface area (Å²) in [5.41, 5.74) is 10.5. The molecule has 24 atom stereocenters. The van der Waals surface area contributed by atoms with Crippen LogP contribution < -0.4 is 64.1 Å². The second kappa shape index (κ2) is 42.5. The van der Waals surface area contributed by atoms with E-state index in [0.29, 0.717) is 0 Å². The van der Waals surface area contributed by atoms with Crippen molar-refractivity contribution in [1.29, 1.82) is 0 Å². The zero-order valence-corrected chi connectivity index (χ0v) is 65.1. The fraction of sp³-hybridized carbons (Fsp3) is 0.681. The number of nitrogens with zero attached hydrogens (tertiary/aromatic N) is 2. The summed E-state index contributed by atoms with van der Waals surface area (Å²) in [5.74, 6) is -18.3. The molecule has 12 amide bonds. The van der Waals surface area contributed by atoms with E-state index in [2.05, 4.69) is 47.9 Å². The minimum atomic E-state index is -2.48. The van der Waals surface area contributed by atoms with Crippen molar-refractivity contribution in [3.05, 3.63) is 53.6 Å². The van der Waals surface area contributed by atoms with Crippen LogP contribution in [0.3, 0.4) is 0 Å². The number of allylic oxidation sites excluding steroid dienone is 3. The van der Waals surface area contributed by atoms with Gasteiger partial charge in [-0.3, -0.25) is 57.5 Å². The molecule has 0 saturated carbocycles. The largest absolute Gasteiger partial charge is 0.462 e. The molecule has 38 nitrogen and oxygen atoms in total. The van der Waals surface area contributed by atoms with Crippen LogP contribution in [0.1, 0.15) is 127 Å². The van der Waals surface area contributed by atoms with Gasteiger partial charge in [0.15, 0.2) is 5.60 Å². The first-order valence-corrected chi connectivity index (χ1v) is 36.5. The van der Waals surface area contributed by atoms with Crippen LogP contribution in [0.2, 0.25) is 0 Å². The Labute approximate surface area is 638 Å². The first-order chi connectivity index (χ1) is 51.4. The summed E-state index contributed by atoms with van der Waals surface area (Å²) in [5, 5.41) is 96.6. The lowest BCUT2D eigenvalue weighted by molar-refractivity contribution is -0.268. The average Bonchev–Trinajstić information content (AvgIpc) is 0.792. The number of aliphatic hydroxyl groups is 7. The van der Waals surface area contributed by atoms with Crippen molar-refractivity contribution in [3.63, 3.8) is 0 Å². The molecule has 1 aromatic rings. The van der Waals surface area contributed by atoms with Gasteiger partial charge in [0.05, 0.1) is 38.0 Å². The molecule has 38 heteroatoms. The van der Waals surface area contributed by atoms with Gasteiger partial charge in [0.1, 0.15) is 96.7 Å². The number of carbonyl (C=O) groups excluding carboxylic acids is 13. The maximum atomic E-state index is 15.7. The van der Waals surface area contributed by atoms with Crippen LogP contribution in [-0.4, -0.2) is 291 Å². The molecule has 618 valence electrons. The van der Waals surface area contributed by atoms with E-state index in [1.165, 1.54) is 98.9 Å². The molecule has 110 heavy (non-hydrogen) atoms. The highest BCUT2D eigenvalue weighted by Gasteiger charge is 2.49. The third kappa shape index (κ3) is 25.3. The number of aliphatic hydroxyl groups excluding tert-OH is 6. The number of primary amides is 1. The molecule has 0 spiro atoms. The monoisotopic (exact) mass is 1560 g/mol. The van der Waals surface area contributed by atoms with Gasteiger partial charge in [0.2, 0.25) is 71.3 Å². The van der Waals surface area contributed by atoms with Gasteiger partial charge < -0.3 is 129 Å². The molecule has 3 heterocycles. The molecule has 3 fully saturated rings. The van der Waals surface area contributed by atoms with Crippen LogP contribution >= 0.6 is 0 Å². The molecule has 4 rings (SSSR count). The predicted molar refractivity (Wildman–Crippen MR) is 390 cm³/mol. The number of hydrogen-bond acceptors (Lipinski definition) is 26. The topological polar surface area (TPSA) is 576 Å². The number of amides is 12. The fourth-order valence-electron chi connectivity index (χ4n) is 12.4. The summed E-state index contributed by atoms with van der Waals surface area (Å²) in [6, 6.07) is -12.3. The molecule has 3 aliphatic heterocycles. The van der Waals surface area contributed by atoms with Crippen molar-refractivity contribution >= 4 is 76.9 Å². The van der Waals surface area contributed by atoms with Gasteiger partial charge in [-0.25, -0.2) is 4.79 Å². The second-order valence-corrected chi connectivity index (χ2v) is 28.9. The molecule has 3 aliphatic rings. The van der Waals surface area contributed by atoms with Crippen molar-refractivity contribution < 1.29 is 122 Å². The molecule has 0 aromatic heterocycles. The van der Waals surface area contributed by atoms with E-state index >= 15 is 19.2 Å². The van der Waals surface area contributed by atoms with Crippen molar-refractivity contribution in [2.24, 2.45) is 35.1 Å². The van der Waals surface area contributed by atoms with Gasteiger partial charge in [-0.2, -0.15) is 0 Å². The maximum absolute atomic E-state index is 15.7. The molecular formula is C72H115N13O25. The van der Waals surface area contributed by atoms with E-state index in [9.17, 15) is 78.9 Å². The average molecular weight is 1560 g/mol. The Kier molecular flexibility index (Phi) is 36.2. The van der Waals surface area contributed by atoms with Gasteiger partial charge >= 0.3 is 5.97 Å². The molecule has 1 aromatic carbocycles. The lowest BCUT2D eigenvalue weighted by atomic mass is 9.87. The van der Waals surface area contributed by atoms with Gasteiger partial charge in [-0.1, -0.05) is 83.9 Å². The predicted octanol–water partition coefficient (Wildman–Crippen LogP) is -5.81. The van der Waals surface area contributed by atoms with Crippen molar-refractivity contribution in [3.8, 4) is 5.75 Å². The molecule has 20 N–H and O–H groups in total. The number of carbonyl (C=O) groups is 13. The Morgan fingerprint density at radius 3 is 1.97 bits per heavy atom. The molecule has 0 aliphatic carbocycles. The van der Waals surface area contributed by atoms with Crippen LogP contribution in [0, 0.1) is 23.7 Å². The Balaban J connectivity index is 1.83. The van der Waals surface area contributed by atoms with E-state index in [1.54, 1.807) is 6.92 Å². The SMILES string of the molecule is CCC(C)/C=C(C)/C=C\C(O)C(C)(O)C(=O)NCC(=O)N[C@H](C(=O)N[C@H](C(=O)N[C@H](C(=O)N[C@H]1C(=O)N[C@H](COC)C(=O)NCC(=O)N[C@@H](C)C(=O)N(C)[C@@H]([C@@H](C)O)C(=O)N[C@H]([C@H](OC)c2ccc(O[C@H]3O[C@H](C)[C@@H](O)[C@H](O)[C@@H]3O)cc2)C(=O)N2CCCC[C@H]2C(=O)O[C@@H]1C(C)C)[C@@H](C)[C@@H](C)C(N)=O)[C@@H](C)N)[C@@H](C)O. The standard InChI is InChI=1S/C72H115N13O25/c1-17-33(4)28-34(5)21-26-46(88)72(13,105)71(104)76-30-48(90)79-51(39(10)86)64(98)81-50(37(8)73)63(97)80-49(35(6)36(7)60(74)94)62(96)82-52-58(32(2)3)110-69(103)45-20-18-19-27-85(45)68(102)53(59(107-16)42-22-24-43(25-23-42)109-70-57(93)56(92)55(91)41(12)108-70)83-66(100)54(40(11)87)84(14)67(101)38(9)77-47(89)29-75-61(95)44(31-106-15)78-65(52)99/h21-26,28,32-33,35-41,44-46,49-59,70,86-88,91-93,105H,17-20,27,29-31,73H2,1-16H3,(H2,74,94)(H,75,95)(H,76,104)(H,77,89)(H,78,99)(H,79,90)(H,80,97)(H,81,98)(H,82,96)(H,83,100)/b26-21-,34-28+/t33?,35-,36+,37+,38-,39+,40+,41+,44+,45-,46?,49-,50-,51-,52+,53+,54-,55+,56-,57-,58+,59+,70+,72?/m0/s1. The number of cyclic esters (lactones) is 1. The summed E-state index contributed by atoms with van der Waals surface area (Å²) in [6.45, 7) is 15.8. The van der Waals surface area contributed by atoms with Crippen molar-refractivity contribution in [2.45, 2.75) is 243 Å². The lowest BCUT2D eigenvalue weighted by Gasteiger charge is -2.40. The number of hydrogen-bond donors (Lipinski definition) is 18. The Morgan fingerprint density at radius 1 is 0.791 bits per heavy atom. The van der Waals surface area contributed by atoms with E-state index in [-0.39, 0.29) is 43.0 Å². The Morgan fingerprint density at radius 2 is 1.41 bits per heavy atom. The third-order valence-corrected chi connectivity index (χ3v) is 19.6. The zero-order chi connectivity index (χ0) is 83.3. The number of ether oxygens (including phenoxy) is 5. The van der Waals surface area contributed by atoms with Gasteiger partial charge in [0.25, 0.3) is 5.91 Å². The number of nitrogens with one attached hydrogen (secondary N) is 9. The van der Waals surface area contributed by atoms with Crippen LogP contribution in [-0.2, 0) is 81.3 Å². The molecule has 0 bridgehead atoms. The molecule has 3 unspecified atom stereocenters. The number of fused-ring (bicyclic) bond motifs is 1. The second-order valence-electron chi connectivity index (χ2n) is 28.9. The van der Waals surface area contributed by atoms with Crippen LogP contribution in [0.15, 0.2) is 48.1 Å². The lowest BCUT2D eigenvalue weighted by Crippen LogP contribution is -2.66. The van der Waals surface area contributed by atoms with Crippen LogP contribution in [0.4, 0.5) is 0 Å². The first-order valence-electron chi connectivity index (χ1n) is 36.5. The van der Waals surface area contributed by atoms with Gasteiger partial charge in [-0.05, 0) is 103 Å². The van der Waals surface area contributed by atoms with Gasteiger partial charge in [0, 0.05) is 39.8 Å². The normalized spacial score (nSPS) is 27.5. The quantitative estimate of drug-likeness (QED) is 0.0262. The number of rotatable bonds is 29. The van der Waals surface area contributed by atoms with Crippen molar-refractivity contribution in [2.75, 3.05) is 47.5 Å². The highest BCUT2D eigenvalue weighted by molar-refractivity contribution is 6.00.